The molecule has 3 nitrogen and oxygen atoms in total. The molecular formula is C14H16O3. The van der Waals surface area contributed by atoms with Gasteiger partial charge in [0.05, 0.1) is 13.2 Å². The molecule has 0 spiro atoms. The molecular weight excluding hydrogens is 216 g/mol. The van der Waals surface area contributed by atoms with Gasteiger partial charge in [-0.3, -0.25) is 4.79 Å². The molecule has 0 aromatic heterocycles. The molecule has 0 radical (unpaired) electrons. The van der Waals surface area contributed by atoms with Crippen molar-refractivity contribution in [2.45, 2.75) is 20.3 Å². The number of ether oxygens (including phenoxy) is 2. The highest BCUT2D eigenvalue weighted by Crippen LogP contribution is 2.12. The Morgan fingerprint density at radius 1 is 1.29 bits per heavy atom. The van der Waals surface area contributed by atoms with Crippen LogP contribution in [0.1, 0.15) is 25.8 Å². The zero-order chi connectivity index (χ0) is 12.5. The van der Waals surface area contributed by atoms with Crippen LogP contribution in [-0.2, 0) is 9.53 Å². The maximum atomic E-state index is 11.1. The first-order valence-corrected chi connectivity index (χ1v) is 5.63. The third-order valence-electron chi connectivity index (χ3n) is 1.92. The topological polar surface area (TPSA) is 35.5 Å². The SMILES string of the molecule is CCOC(=O)CC#Cc1cccc(OCC)c1. The van der Waals surface area contributed by atoms with E-state index in [4.69, 9.17) is 9.47 Å². The maximum Gasteiger partial charge on any atom is 0.317 e. The van der Waals surface area contributed by atoms with Gasteiger partial charge in [0.2, 0.25) is 0 Å². The first-order valence-electron chi connectivity index (χ1n) is 5.63. The van der Waals surface area contributed by atoms with Crippen LogP contribution in [-0.4, -0.2) is 19.2 Å². The fourth-order valence-corrected chi connectivity index (χ4v) is 1.26. The second-order valence-corrected chi connectivity index (χ2v) is 3.24. The van der Waals surface area contributed by atoms with Crippen molar-refractivity contribution in [3.63, 3.8) is 0 Å². The van der Waals surface area contributed by atoms with Gasteiger partial charge in [-0.15, -0.1) is 0 Å². The highest BCUT2D eigenvalue weighted by molar-refractivity contribution is 5.72. The Kier molecular flexibility index (Phi) is 5.67. The highest BCUT2D eigenvalue weighted by atomic mass is 16.5. The Morgan fingerprint density at radius 3 is 2.82 bits per heavy atom. The predicted molar refractivity (Wildman–Crippen MR) is 65.7 cm³/mol. The largest absolute Gasteiger partial charge is 0.494 e. The lowest BCUT2D eigenvalue weighted by atomic mass is 10.2. The number of esters is 1. The van der Waals surface area contributed by atoms with Crippen LogP contribution < -0.4 is 4.74 Å². The van der Waals surface area contributed by atoms with E-state index in [-0.39, 0.29) is 12.4 Å². The van der Waals surface area contributed by atoms with E-state index in [0.717, 1.165) is 11.3 Å². The molecule has 0 aliphatic carbocycles. The number of hydrogen-bond donors (Lipinski definition) is 0. The average molecular weight is 232 g/mol. The summed E-state index contributed by atoms with van der Waals surface area (Å²) in [4.78, 5) is 11.1. The fourth-order valence-electron chi connectivity index (χ4n) is 1.26. The molecule has 0 bridgehead atoms. The average Bonchev–Trinajstić information content (AvgIpc) is 2.30. The molecule has 0 amide bonds. The van der Waals surface area contributed by atoms with Crippen LogP contribution in [0.15, 0.2) is 24.3 Å². The van der Waals surface area contributed by atoms with E-state index in [2.05, 4.69) is 11.8 Å². The van der Waals surface area contributed by atoms with Crippen molar-refractivity contribution in [2.75, 3.05) is 13.2 Å². The molecule has 0 saturated heterocycles. The van der Waals surface area contributed by atoms with Gasteiger partial charge >= 0.3 is 5.97 Å². The van der Waals surface area contributed by atoms with E-state index >= 15 is 0 Å². The zero-order valence-corrected chi connectivity index (χ0v) is 10.2. The van der Waals surface area contributed by atoms with E-state index in [1.165, 1.54) is 0 Å². The summed E-state index contributed by atoms with van der Waals surface area (Å²) in [7, 11) is 0. The number of hydrogen-bond acceptors (Lipinski definition) is 3. The van der Waals surface area contributed by atoms with Crippen LogP contribution in [0, 0.1) is 11.8 Å². The minimum atomic E-state index is -0.291. The molecule has 3 heteroatoms. The smallest absolute Gasteiger partial charge is 0.317 e. The lowest BCUT2D eigenvalue weighted by molar-refractivity contribution is -0.141. The monoisotopic (exact) mass is 232 g/mol. The lowest BCUT2D eigenvalue weighted by Crippen LogP contribution is -2.01. The molecule has 0 aliphatic rings. The lowest BCUT2D eigenvalue weighted by Gasteiger charge is -2.01. The quantitative estimate of drug-likeness (QED) is 0.590. The highest BCUT2D eigenvalue weighted by Gasteiger charge is 1.96. The minimum absolute atomic E-state index is 0.118. The van der Waals surface area contributed by atoms with Gasteiger partial charge in [0.15, 0.2) is 0 Å². The van der Waals surface area contributed by atoms with Gasteiger partial charge in [-0.25, -0.2) is 0 Å². The summed E-state index contributed by atoms with van der Waals surface area (Å²) in [5, 5.41) is 0. The predicted octanol–water partition coefficient (Wildman–Crippen LogP) is 2.39. The Balaban J connectivity index is 2.59. The van der Waals surface area contributed by atoms with Gasteiger partial charge in [0.1, 0.15) is 12.2 Å². The summed E-state index contributed by atoms with van der Waals surface area (Å²) < 4.78 is 10.1. The van der Waals surface area contributed by atoms with Crippen molar-refractivity contribution in [3.05, 3.63) is 29.8 Å². The normalized spacial score (nSPS) is 9.06. The molecule has 0 N–H and O–H groups in total. The van der Waals surface area contributed by atoms with Crippen LogP contribution in [0.3, 0.4) is 0 Å². The van der Waals surface area contributed by atoms with Crippen LogP contribution in [0.5, 0.6) is 5.75 Å². The molecule has 0 saturated carbocycles. The molecule has 17 heavy (non-hydrogen) atoms. The van der Waals surface area contributed by atoms with Gasteiger partial charge < -0.3 is 9.47 Å². The molecule has 0 heterocycles. The first-order chi connectivity index (χ1) is 8.26. The van der Waals surface area contributed by atoms with Crippen molar-refractivity contribution in [2.24, 2.45) is 0 Å². The van der Waals surface area contributed by atoms with Crippen LogP contribution >= 0.6 is 0 Å². The fraction of sp³-hybridized carbons (Fsp3) is 0.357. The zero-order valence-electron chi connectivity index (χ0n) is 10.2. The minimum Gasteiger partial charge on any atom is -0.494 e. The van der Waals surface area contributed by atoms with Gasteiger partial charge in [0.25, 0.3) is 0 Å². The van der Waals surface area contributed by atoms with Crippen LogP contribution in [0.2, 0.25) is 0 Å². The summed E-state index contributed by atoms with van der Waals surface area (Å²) in [5.41, 5.74) is 0.834. The van der Waals surface area contributed by atoms with E-state index in [9.17, 15) is 4.79 Å². The van der Waals surface area contributed by atoms with Crippen molar-refractivity contribution >= 4 is 5.97 Å². The number of carbonyl (C=O) groups is 1. The van der Waals surface area contributed by atoms with Crippen molar-refractivity contribution in [3.8, 4) is 17.6 Å². The van der Waals surface area contributed by atoms with Gasteiger partial charge in [-0.2, -0.15) is 0 Å². The van der Waals surface area contributed by atoms with E-state index < -0.39 is 0 Å². The Hall–Kier alpha value is -1.95. The van der Waals surface area contributed by atoms with E-state index in [1.54, 1.807) is 6.92 Å². The van der Waals surface area contributed by atoms with E-state index in [1.807, 2.05) is 31.2 Å². The number of benzene rings is 1. The molecule has 0 fully saturated rings. The summed E-state index contributed by atoms with van der Waals surface area (Å²) >= 11 is 0. The van der Waals surface area contributed by atoms with Crippen molar-refractivity contribution < 1.29 is 14.3 Å². The standard InChI is InChI=1S/C14H16O3/c1-3-16-13-9-5-7-12(11-13)8-6-10-14(15)17-4-2/h5,7,9,11H,3-4,10H2,1-2H3. The summed E-state index contributed by atoms with van der Waals surface area (Å²) in [5.74, 6) is 6.17. The number of rotatable bonds is 4. The van der Waals surface area contributed by atoms with Crippen molar-refractivity contribution in [1.29, 1.82) is 0 Å². The Morgan fingerprint density at radius 2 is 2.12 bits per heavy atom. The van der Waals surface area contributed by atoms with Crippen LogP contribution in [0.25, 0.3) is 0 Å². The van der Waals surface area contributed by atoms with E-state index in [0.29, 0.717) is 13.2 Å². The molecule has 1 aromatic carbocycles. The van der Waals surface area contributed by atoms with Crippen molar-refractivity contribution in [1.82, 2.24) is 0 Å². The molecule has 0 aliphatic heterocycles. The second-order valence-electron chi connectivity index (χ2n) is 3.24. The summed E-state index contributed by atoms with van der Waals surface area (Å²) in [6.07, 6.45) is 0.118. The van der Waals surface area contributed by atoms with Gasteiger partial charge in [0, 0.05) is 5.56 Å². The Bertz CT molecular complexity index is 427. The first kappa shape index (κ1) is 13.1. The molecule has 0 atom stereocenters. The molecule has 0 unspecified atom stereocenters. The molecule has 1 rings (SSSR count). The molecule has 1 aromatic rings. The summed E-state index contributed by atoms with van der Waals surface area (Å²) in [6.45, 7) is 4.72. The van der Waals surface area contributed by atoms with Gasteiger partial charge in [-0.1, -0.05) is 17.9 Å². The Labute approximate surface area is 102 Å². The maximum absolute atomic E-state index is 11.1. The summed E-state index contributed by atoms with van der Waals surface area (Å²) in [6, 6.07) is 7.47. The van der Waals surface area contributed by atoms with Crippen LogP contribution in [0.4, 0.5) is 0 Å². The third kappa shape index (κ3) is 5.07. The number of carbonyl (C=O) groups excluding carboxylic acids is 1. The second kappa shape index (κ2) is 7.34. The third-order valence-corrected chi connectivity index (χ3v) is 1.92. The molecule has 90 valence electrons. The van der Waals surface area contributed by atoms with Gasteiger partial charge in [-0.05, 0) is 32.0 Å².